The lowest BCUT2D eigenvalue weighted by Crippen LogP contribution is -2.53. The lowest BCUT2D eigenvalue weighted by molar-refractivity contribution is -0.119. The molecule has 12 nitrogen and oxygen atoms in total. The number of amides is 1. The van der Waals surface area contributed by atoms with Crippen molar-refractivity contribution in [2.45, 2.75) is 30.6 Å². The molecule has 9 N–H and O–H groups in total. The molecule has 0 aromatic heterocycles. The Morgan fingerprint density at radius 3 is 2.64 bits per heavy atom. The monoisotopic (exact) mass is 319 g/mol. The van der Waals surface area contributed by atoms with Crippen molar-refractivity contribution in [3.05, 3.63) is 0 Å². The van der Waals surface area contributed by atoms with Crippen LogP contribution in [0.4, 0.5) is 0 Å². The number of fused-ring (bicyclic) bond motifs is 1. The third-order valence-corrected chi connectivity index (χ3v) is 3.36. The molecular formula is C10H17N5O7. The number of nitrogens with one attached hydrogen (secondary N) is 2. The first-order valence-electron chi connectivity index (χ1n) is 5.95. The van der Waals surface area contributed by atoms with E-state index < -0.39 is 43.1 Å². The van der Waals surface area contributed by atoms with Gasteiger partial charge in [-0.25, -0.2) is 0 Å². The first-order valence-corrected chi connectivity index (χ1v) is 5.95. The zero-order valence-corrected chi connectivity index (χ0v) is 11.2. The van der Waals surface area contributed by atoms with Crippen LogP contribution in [0.1, 0.15) is 0 Å². The topological polar surface area (TPSA) is 214 Å². The van der Waals surface area contributed by atoms with Crippen LogP contribution >= 0.6 is 0 Å². The Labute approximate surface area is 123 Å². The number of nitrogens with zero attached hydrogens (tertiary/aromatic N) is 3. The summed E-state index contributed by atoms with van der Waals surface area (Å²) in [5.41, 5.74) is 0. The molecule has 3 heterocycles. The summed E-state index contributed by atoms with van der Waals surface area (Å²) >= 11 is 0. The number of carbonyl (C=O) groups is 1. The number of aliphatic hydroxyl groups is 3. The average molecular weight is 319 g/mol. The molecular weight excluding hydrogens is 302 g/mol. The van der Waals surface area contributed by atoms with Crippen molar-refractivity contribution in [1.29, 1.82) is 5.41 Å². The Kier molecular flexibility index (Phi) is 5.29. The van der Waals surface area contributed by atoms with E-state index in [0.717, 1.165) is 0 Å². The van der Waals surface area contributed by atoms with Crippen LogP contribution < -0.4 is 5.32 Å². The summed E-state index contributed by atoms with van der Waals surface area (Å²) in [6.45, 7) is -0.452. The molecule has 12 heteroatoms. The van der Waals surface area contributed by atoms with Crippen LogP contribution in [0.3, 0.4) is 0 Å². The van der Waals surface area contributed by atoms with Crippen LogP contribution in [-0.2, 0) is 9.53 Å². The number of hydrogen-bond donors (Lipinski definition) is 5. The molecule has 0 radical (unpaired) electrons. The molecule has 1 unspecified atom stereocenters. The highest BCUT2D eigenvalue weighted by atomic mass is 16.6. The summed E-state index contributed by atoms with van der Waals surface area (Å²) < 4.78 is 5.34. The number of carbonyl (C=O) groups excluding carboxylic acids is 1. The zero-order chi connectivity index (χ0) is 14.4. The van der Waals surface area contributed by atoms with Gasteiger partial charge in [-0.1, -0.05) is 0 Å². The third kappa shape index (κ3) is 2.58. The Hall–Kier alpha value is -1.96. The predicted molar refractivity (Wildman–Crippen MR) is 72.4 cm³/mol. The van der Waals surface area contributed by atoms with Gasteiger partial charge in [-0.3, -0.25) is 25.4 Å². The summed E-state index contributed by atoms with van der Waals surface area (Å²) in [5, 5.41) is 38.3. The van der Waals surface area contributed by atoms with Gasteiger partial charge in [-0.15, -0.1) is 0 Å². The standard InChI is InChI=1S/C10H13N5O5.2H2O/c11-10-13-7-4(8(19)14-10)12-2-15(7)9-6(18)5(17)3(1-16)20-9;;/h2-6,9,16-18H,1H2,(H2,11,14,19);2*1H2/t3-,4?,5-,6-,9-;;/m1../s1. The first kappa shape index (κ1) is 18.1. The van der Waals surface area contributed by atoms with E-state index in [1.54, 1.807) is 0 Å². The van der Waals surface area contributed by atoms with E-state index in [-0.39, 0.29) is 22.7 Å². The number of amidine groups is 1. The third-order valence-electron chi connectivity index (χ3n) is 3.36. The van der Waals surface area contributed by atoms with Crippen molar-refractivity contribution < 1.29 is 35.8 Å². The average Bonchev–Trinajstić information content (AvgIpc) is 2.93. The van der Waals surface area contributed by atoms with Crippen molar-refractivity contribution in [3.63, 3.8) is 0 Å². The molecule has 0 bridgehead atoms. The van der Waals surface area contributed by atoms with Crippen LogP contribution in [0.25, 0.3) is 0 Å². The van der Waals surface area contributed by atoms with Crippen molar-refractivity contribution >= 4 is 24.0 Å². The van der Waals surface area contributed by atoms with Crippen molar-refractivity contribution in [1.82, 2.24) is 10.2 Å². The summed E-state index contributed by atoms with van der Waals surface area (Å²) in [4.78, 5) is 20.7. The molecule has 0 aromatic carbocycles. The SMILES string of the molecule is N=C1N=C2C(N=CN2[C@@H]2O[C@H](CO)[C@@H](O)[C@H]2O)C(=O)N1.O.O. The molecule has 5 atom stereocenters. The Balaban J connectivity index is 0.00000121. The maximum atomic E-state index is 11.6. The zero-order valence-electron chi connectivity index (χ0n) is 11.2. The van der Waals surface area contributed by atoms with Gasteiger partial charge in [0.2, 0.25) is 5.96 Å². The van der Waals surface area contributed by atoms with Crippen molar-refractivity contribution in [3.8, 4) is 0 Å². The maximum Gasteiger partial charge on any atom is 0.259 e. The van der Waals surface area contributed by atoms with Gasteiger partial charge in [0.15, 0.2) is 18.1 Å². The minimum Gasteiger partial charge on any atom is -0.412 e. The number of hydrogen-bond acceptors (Lipinski definition) is 8. The lowest BCUT2D eigenvalue weighted by Gasteiger charge is -2.28. The summed E-state index contributed by atoms with van der Waals surface area (Å²) in [6.07, 6.45) is -3.23. The van der Waals surface area contributed by atoms with Crippen molar-refractivity contribution in [2.24, 2.45) is 9.98 Å². The van der Waals surface area contributed by atoms with Gasteiger partial charge in [0, 0.05) is 0 Å². The van der Waals surface area contributed by atoms with Crippen LogP contribution in [0.5, 0.6) is 0 Å². The molecule has 1 amide bonds. The van der Waals surface area contributed by atoms with Crippen LogP contribution in [0, 0.1) is 5.41 Å². The highest BCUT2D eigenvalue weighted by molar-refractivity contribution is 6.23. The fraction of sp³-hybridized carbons (Fsp3) is 0.600. The van der Waals surface area contributed by atoms with Crippen LogP contribution in [0.2, 0.25) is 0 Å². The van der Waals surface area contributed by atoms with E-state index in [4.69, 9.17) is 15.3 Å². The second kappa shape index (κ2) is 6.43. The van der Waals surface area contributed by atoms with Crippen LogP contribution in [-0.4, -0.2) is 92.4 Å². The molecule has 0 aromatic rings. The molecule has 22 heavy (non-hydrogen) atoms. The summed E-state index contributed by atoms with van der Waals surface area (Å²) in [6, 6.07) is -0.898. The van der Waals surface area contributed by atoms with Crippen molar-refractivity contribution in [2.75, 3.05) is 6.61 Å². The van der Waals surface area contributed by atoms with E-state index in [2.05, 4.69) is 15.3 Å². The number of guanidine groups is 1. The second-order valence-corrected chi connectivity index (χ2v) is 4.61. The Bertz CT molecular complexity index is 524. The minimum absolute atomic E-state index is 0. The lowest BCUT2D eigenvalue weighted by atomic mass is 10.1. The number of aliphatic imine (C=N–C) groups is 2. The normalized spacial score (nSPS) is 36.2. The predicted octanol–water partition coefficient (Wildman–Crippen LogP) is -5.05. The highest BCUT2D eigenvalue weighted by Crippen LogP contribution is 2.26. The van der Waals surface area contributed by atoms with Crippen LogP contribution in [0.15, 0.2) is 9.98 Å². The summed E-state index contributed by atoms with van der Waals surface area (Å²) in [7, 11) is 0. The van der Waals surface area contributed by atoms with Gasteiger partial charge in [-0.05, 0) is 0 Å². The molecule has 124 valence electrons. The van der Waals surface area contributed by atoms with E-state index in [0.29, 0.717) is 0 Å². The van der Waals surface area contributed by atoms with E-state index in [1.165, 1.54) is 11.2 Å². The Morgan fingerprint density at radius 1 is 1.36 bits per heavy atom. The van der Waals surface area contributed by atoms with Gasteiger partial charge in [-0.2, -0.15) is 4.99 Å². The molecule has 3 aliphatic heterocycles. The van der Waals surface area contributed by atoms with Gasteiger partial charge >= 0.3 is 0 Å². The maximum absolute atomic E-state index is 11.6. The molecule has 1 saturated heterocycles. The van der Waals surface area contributed by atoms with Gasteiger partial charge in [0.1, 0.15) is 18.3 Å². The fourth-order valence-electron chi connectivity index (χ4n) is 2.34. The van der Waals surface area contributed by atoms with Gasteiger partial charge < -0.3 is 31.0 Å². The van der Waals surface area contributed by atoms with Gasteiger partial charge in [0.25, 0.3) is 5.91 Å². The Morgan fingerprint density at radius 2 is 2.05 bits per heavy atom. The largest absolute Gasteiger partial charge is 0.412 e. The number of rotatable bonds is 2. The second-order valence-electron chi connectivity index (χ2n) is 4.61. The van der Waals surface area contributed by atoms with E-state index in [1.807, 2.05) is 0 Å². The number of ether oxygens (including phenoxy) is 1. The van der Waals surface area contributed by atoms with E-state index in [9.17, 15) is 15.0 Å². The number of aliphatic hydroxyl groups excluding tert-OH is 3. The first-order chi connectivity index (χ1) is 9.52. The molecule has 0 aliphatic carbocycles. The fourth-order valence-corrected chi connectivity index (χ4v) is 2.34. The highest BCUT2D eigenvalue weighted by Gasteiger charge is 2.49. The quantitative estimate of drug-likeness (QED) is 0.335. The van der Waals surface area contributed by atoms with Gasteiger partial charge in [0.05, 0.1) is 12.9 Å². The smallest absolute Gasteiger partial charge is 0.259 e. The minimum atomic E-state index is -1.29. The molecule has 3 aliphatic rings. The molecule has 1 fully saturated rings. The van der Waals surface area contributed by atoms with E-state index >= 15 is 0 Å². The molecule has 0 saturated carbocycles. The molecule has 3 rings (SSSR count). The molecule has 0 spiro atoms. The summed E-state index contributed by atoms with van der Waals surface area (Å²) in [5.74, 6) is -0.678.